The number of allylic oxidation sites excluding steroid dienone is 4. The maximum absolute atomic E-state index is 11.6. The third-order valence-corrected chi connectivity index (χ3v) is 12.6. The molecule has 2 aromatic rings. The Bertz CT molecular complexity index is 2310. The van der Waals surface area contributed by atoms with E-state index in [2.05, 4.69) is 0 Å². The Kier molecular flexibility index (Phi) is 23.5. The molecule has 4 rings (SSSR count). The van der Waals surface area contributed by atoms with E-state index in [1.165, 1.54) is 0 Å². The van der Waals surface area contributed by atoms with Crippen LogP contribution < -0.4 is 169 Å². The summed E-state index contributed by atoms with van der Waals surface area (Å²) in [6.45, 7) is 8.26. The normalized spacial score (nSPS) is 16.7. The molecule has 58 heavy (non-hydrogen) atoms. The molecule has 0 saturated carbocycles. The van der Waals surface area contributed by atoms with Gasteiger partial charge >= 0.3 is 154 Å². The van der Waals surface area contributed by atoms with Crippen molar-refractivity contribution in [1.29, 1.82) is 0 Å². The van der Waals surface area contributed by atoms with Crippen LogP contribution in [0.5, 0.6) is 11.5 Å². The Balaban J connectivity index is 0.00000561. The minimum atomic E-state index is -4.48. The van der Waals surface area contributed by atoms with E-state index in [-0.39, 0.29) is 206 Å². The molecule has 2 aliphatic rings. The predicted octanol–water partition coefficient (Wildman–Crippen LogP) is -5.85. The second-order valence-electron chi connectivity index (χ2n) is 14.4. The molecule has 0 aromatic heterocycles. The number of hydrogen-bond acceptors (Lipinski definition) is 14. The molecule has 1 N–H and O–H groups in total. The number of rotatable bonds is 20. The van der Waals surface area contributed by atoms with Crippen LogP contribution >= 0.6 is 0 Å². The number of hydrogen-bond donors (Lipinski definition) is 1. The van der Waals surface area contributed by atoms with Gasteiger partial charge < -0.3 is 28.0 Å². The van der Waals surface area contributed by atoms with Crippen LogP contribution in [-0.2, 0) is 51.3 Å². The molecule has 0 saturated heterocycles. The molecule has 23 heteroatoms. The fourth-order valence-corrected chi connectivity index (χ4v) is 8.78. The van der Waals surface area contributed by atoms with Crippen molar-refractivity contribution in [2.24, 2.45) is 0 Å². The van der Waals surface area contributed by atoms with Gasteiger partial charge in [0.15, 0.2) is 5.71 Å². The minimum Gasteiger partial charge on any atom is -0.748 e. The zero-order valence-electron chi connectivity index (χ0n) is 34.0. The van der Waals surface area contributed by atoms with Gasteiger partial charge in [-0.25, -0.2) is 25.3 Å². The van der Waals surface area contributed by atoms with Crippen LogP contribution in [0, 0.1) is 0 Å². The first-order valence-electron chi connectivity index (χ1n) is 17.4. The van der Waals surface area contributed by atoms with Crippen LogP contribution in [0.15, 0.2) is 60.3 Å². The first-order chi connectivity index (χ1) is 25.3. The van der Waals surface area contributed by atoms with Gasteiger partial charge in [0, 0.05) is 64.7 Å². The van der Waals surface area contributed by atoms with Crippen LogP contribution in [0.4, 0.5) is 11.4 Å². The van der Waals surface area contributed by atoms with Gasteiger partial charge in [0.25, 0.3) is 10.1 Å². The van der Waals surface area contributed by atoms with Gasteiger partial charge in [0.2, 0.25) is 5.69 Å². The quantitative estimate of drug-likeness (QED) is 0.0562. The zero-order valence-corrected chi connectivity index (χ0v) is 46.6. The van der Waals surface area contributed by atoms with Crippen molar-refractivity contribution >= 4 is 57.6 Å². The van der Waals surface area contributed by atoms with Crippen molar-refractivity contribution in [2.45, 2.75) is 64.2 Å². The van der Waals surface area contributed by atoms with E-state index >= 15 is 0 Å². The van der Waals surface area contributed by atoms with Crippen LogP contribution in [0.2, 0.25) is 0 Å². The van der Waals surface area contributed by atoms with Crippen molar-refractivity contribution in [2.75, 3.05) is 54.2 Å². The molecule has 0 spiro atoms. The Morgan fingerprint density at radius 2 is 1.19 bits per heavy atom. The molecule has 16 nitrogen and oxygen atoms in total. The summed E-state index contributed by atoms with van der Waals surface area (Å²) in [6, 6.07) is 10.6. The van der Waals surface area contributed by atoms with E-state index in [0.717, 1.165) is 33.9 Å². The average Bonchev–Trinajstić information content (AvgIpc) is 3.37. The number of nitrogens with zero attached hydrogens (tertiary/aromatic N) is 2. The number of anilines is 1. The Morgan fingerprint density at radius 1 is 0.690 bits per heavy atom. The van der Waals surface area contributed by atoms with Crippen molar-refractivity contribution in [3.05, 3.63) is 71.5 Å². The van der Waals surface area contributed by atoms with Gasteiger partial charge in [0.1, 0.15) is 18.0 Å². The summed E-state index contributed by atoms with van der Waals surface area (Å²) in [6.07, 6.45) is 5.72. The zero-order chi connectivity index (χ0) is 41.0. The number of fused-ring (bicyclic) bond motifs is 2. The first kappa shape index (κ1) is 57.6. The Labute approximate surface area is 470 Å². The molecule has 0 radical (unpaired) electrons. The summed E-state index contributed by atoms with van der Waals surface area (Å²) in [5.74, 6) is -1.28. The van der Waals surface area contributed by atoms with E-state index < -0.39 is 74.3 Å². The van der Waals surface area contributed by atoms with Gasteiger partial charge in [-0.3, -0.25) is 4.55 Å². The molecular weight excluding hydrogens is 918 g/mol. The van der Waals surface area contributed by atoms with Gasteiger partial charge in [-0.05, 0) is 75.1 Å². The molecule has 0 atom stereocenters. The van der Waals surface area contributed by atoms with E-state index in [1.54, 1.807) is 36.4 Å². The van der Waals surface area contributed by atoms with Gasteiger partial charge in [0.05, 0.1) is 54.7 Å². The van der Waals surface area contributed by atoms with Crippen molar-refractivity contribution < 1.29 is 220 Å². The van der Waals surface area contributed by atoms with Crippen molar-refractivity contribution in [1.82, 2.24) is 0 Å². The van der Waals surface area contributed by atoms with Crippen molar-refractivity contribution in [3.8, 4) is 11.5 Å². The van der Waals surface area contributed by atoms with E-state index in [0.29, 0.717) is 11.5 Å². The predicted molar refractivity (Wildman–Crippen MR) is 203 cm³/mol. The maximum Gasteiger partial charge on any atom is 1.00 e. The fraction of sp³-hybridized carbons (Fsp3) is 0.514. The number of benzene rings is 2. The maximum atomic E-state index is 11.6. The second kappa shape index (κ2) is 23.6. The minimum absolute atomic E-state index is 0. The topological polar surface area (TPSA) is 251 Å². The Hall–Kier alpha value is 1.54. The molecule has 0 amide bonds. The first-order valence-corrected chi connectivity index (χ1v) is 23.7. The standard InChI is InChI=1S/C35H48N2O14S4.3K/c1-34(2)28-24-26(50-18-8-22-54(44,45)46)12-14-30(28)36(16-6-20-52(38,39)40)32(34)10-5-11-33-35(3,4)29-25-27(51-19-9-23-55(47,48)49)13-15-31(29)37(33)17-7-21-53(41,42)43;;;/h5,10-15,24-25H,6-9,16-23H2,1-4H3,(H3-,38,39,40,41,42,43,44,45,46,47,48,49);;;/q;3*+1/p-2. The molecule has 306 valence electrons. The van der Waals surface area contributed by atoms with Crippen LogP contribution in [0.25, 0.3) is 0 Å². The van der Waals surface area contributed by atoms with E-state index in [9.17, 15) is 51.9 Å². The smallest absolute Gasteiger partial charge is 0.748 e. The summed E-state index contributed by atoms with van der Waals surface area (Å²) in [7, 11) is -17.5. The molecule has 2 aliphatic heterocycles. The molecule has 2 aromatic carbocycles. The molecule has 0 aliphatic carbocycles. The average molecular weight is 964 g/mol. The monoisotopic (exact) mass is 963 g/mol. The largest absolute Gasteiger partial charge is 1.00 e. The fourth-order valence-electron chi connectivity index (χ4n) is 6.86. The SMILES string of the molecule is CC1(C)C(/C=C/C=C2/N(CCCS(=O)(=O)O)c3ccc(OCCCS(=O)(=O)[O-])cc3C2(C)C)=[N+](CCCS(=O)(=O)[O-])c2ccc(OCCCS(=O)(=O)[O-])cc21.[K+].[K+].[K+]. The summed E-state index contributed by atoms with van der Waals surface area (Å²) >= 11 is 0. The summed E-state index contributed by atoms with van der Waals surface area (Å²) < 4.78 is 146. The van der Waals surface area contributed by atoms with Gasteiger partial charge in [-0.15, -0.1) is 0 Å². The summed E-state index contributed by atoms with van der Waals surface area (Å²) in [5, 5.41) is 0. The van der Waals surface area contributed by atoms with Gasteiger partial charge in [-0.1, -0.05) is 19.9 Å². The van der Waals surface area contributed by atoms with Crippen molar-refractivity contribution in [3.63, 3.8) is 0 Å². The molecular formula is C35H46K3N2O14S4+. The van der Waals surface area contributed by atoms with E-state index in [1.807, 2.05) is 55.4 Å². The van der Waals surface area contributed by atoms with Crippen LogP contribution in [0.1, 0.15) is 64.5 Å². The third-order valence-electron chi connectivity index (χ3n) is 9.41. The van der Waals surface area contributed by atoms with Crippen LogP contribution in [0.3, 0.4) is 0 Å². The summed E-state index contributed by atoms with van der Waals surface area (Å²) in [5.41, 5.74) is 3.34. The van der Waals surface area contributed by atoms with Crippen LogP contribution in [-0.4, -0.2) is 111 Å². The molecule has 0 bridgehead atoms. The van der Waals surface area contributed by atoms with E-state index in [4.69, 9.17) is 9.47 Å². The Morgan fingerprint density at radius 3 is 1.71 bits per heavy atom. The molecule has 0 unspecified atom stereocenters. The van der Waals surface area contributed by atoms with Gasteiger partial charge in [-0.2, -0.15) is 13.0 Å². The summed E-state index contributed by atoms with van der Waals surface area (Å²) in [4.78, 5) is 1.94. The molecule has 0 fully saturated rings. The number of ether oxygens (including phenoxy) is 2. The molecule has 2 heterocycles. The third kappa shape index (κ3) is 17.2. The second-order valence-corrected chi connectivity index (χ2v) is 20.5.